The lowest BCUT2D eigenvalue weighted by molar-refractivity contribution is -0.141. The average molecular weight is 306 g/mol. The van der Waals surface area contributed by atoms with Crippen molar-refractivity contribution in [3.05, 3.63) is 29.8 Å². The predicted molar refractivity (Wildman–Crippen MR) is 82.0 cm³/mol. The van der Waals surface area contributed by atoms with Gasteiger partial charge in [-0.1, -0.05) is 18.2 Å². The summed E-state index contributed by atoms with van der Waals surface area (Å²) in [6.07, 6.45) is 1.20. The molecule has 0 aromatic heterocycles. The SMILES string of the molecule is CCOc1ccccc1CCNC(=O)N1CCC(C(=O)O)C1. The lowest BCUT2D eigenvalue weighted by Crippen LogP contribution is -2.39. The van der Waals surface area contributed by atoms with Gasteiger partial charge in [0.15, 0.2) is 0 Å². The molecule has 0 bridgehead atoms. The van der Waals surface area contributed by atoms with Gasteiger partial charge in [0.2, 0.25) is 0 Å². The summed E-state index contributed by atoms with van der Waals surface area (Å²) in [6.45, 7) is 3.82. The Balaban J connectivity index is 1.79. The second-order valence-electron chi connectivity index (χ2n) is 5.29. The van der Waals surface area contributed by atoms with Crippen molar-refractivity contribution in [2.24, 2.45) is 5.92 Å². The van der Waals surface area contributed by atoms with Crippen LogP contribution in [0.3, 0.4) is 0 Å². The summed E-state index contributed by atoms with van der Waals surface area (Å²) in [5, 5.41) is 11.8. The molecule has 1 unspecified atom stereocenters. The van der Waals surface area contributed by atoms with Gasteiger partial charge >= 0.3 is 12.0 Å². The minimum Gasteiger partial charge on any atom is -0.494 e. The third-order valence-corrected chi connectivity index (χ3v) is 3.77. The van der Waals surface area contributed by atoms with Gasteiger partial charge in [-0.15, -0.1) is 0 Å². The highest BCUT2D eigenvalue weighted by Gasteiger charge is 2.30. The first-order chi connectivity index (χ1) is 10.6. The minimum atomic E-state index is -0.832. The first kappa shape index (κ1) is 16.1. The summed E-state index contributed by atoms with van der Waals surface area (Å²) in [5.41, 5.74) is 1.05. The van der Waals surface area contributed by atoms with Crippen LogP contribution in [0.5, 0.6) is 5.75 Å². The number of para-hydroxylation sites is 1. The number of carbonyl (C=O) groups excluding carboxylic acids is 1. The Labute approximate surface area is 130 Å². The molecule has 6 nitrogen and oxygen atoms in total. The second-order valence-corrected chi connectivity index (χ2v) is 5.29. The van der Waals surface area contributed by atoms with Crippen LogP contribution in [0, 0.1) is 5.92 Å². The van der Waals surface area contributed by atoms with Gasteiger partial charge in [0.05, 0.1) is 12.5 Å². The summed E-state index contributed by atoms with van der Waals surface area (Å²) < 4.78 is 5.55. The Hall–Kier alpha value is -2.24. The number of carboxylic acid groups (broad SMARTS) is 1. The van der Waals surface area contributed by atoms with E-state index in [2.05, 4.69) is 5.32 Å². The third kappa shape index (κ3) is 4.13. The minimum absolute atomic E-state index is 0.197. The number of carbonyl (C=O) groups is 2. The van der Waals surface area contributed by atoms with E-state index in [9.17, 15) is 9.59 Å². The van der Waals surface area contributed by atoms with Gasteiger partial charge in [-0.25, -0.2) is 4.79 Å². The highest BCUT2D eigenvalue weighted by molar-refractivity contribution is 5.77. The van der Waals surface area contributed by atoms with Crippen LogP contribution >= 0.6 is 0 Å². The van der Waals surface area contributed by atoms with Crippen molar-refractivity contribution >= 4 is 12.0 Å². The van der Waals surface area contributed by atoms with Crippen LogP contribution in [-0.4, -0.2) is 48.2 Å². The van der Waals surface area contributed by atoms with Gasteiger partial charge in [-0.2, -0.15) is 0 Å². The summed E-state index contributed by atoms with van der Waals surface area (Å²) in [5.74, 6) is -0.434. The fourth-order valence-corrected chi connectivity index (χ4v) is 2.57. The fourth-order valence-electron chi connectivity index (χ4n) is 2.57. The van der Waals surface area contributed by atoms with E-state index in [1.165, 1.54) is 0 Å². The molecule has 1 heterocycles. The standard InChI is InChI=1S/C16H22N2O4/c1-2-22-14-6-4-3-5-12(14)7-9-17-16(21)18-10-8-13(11-18)15(19)20/h3-6,13H,2,7-11H2,1H3,(H,17,21)(H,19,20). The zero-order chi connectivity index (χ0) is 15.9. The number of ether oxygens (including phenoxy) is 1. The van der Waals surface area contributed by atoms with Gasteiger partial charge in [-0.05, 0) is 31.4 Å². The van der Waals surface area contributed by atoms with Gasteiger partial charge in [0.1, 0.15) is 5.75 Å². The van der Waals surface area contributed by atoms with E-state index >= 15 is 0 Å². The summed E-state index contributed by atoms with van der Waals surface area (Å²) in [4.78, 5) is 24.5. The van der Waals surface area contributed by atoms with Crippen LogP contribution in [0.4, 0.5) is 4.79 Å². The zero-order valence-corrected chi connectivity index (χ0v) is 12.7. The molecule has 1 saturated heterocycles. The number of nitrogens with zero attached hydrogens (tertiary/aromatic N) is 1. The zero-order valence-electron chi connectivity index (χ0n) is 12.7. The van der Waals surface area contributed by atoms with Crippen LogP contribution < -0.4 is 10.1 Å². The van der Waals surface area contributed by atoms with Gasteiger partial charge in [-0.3, -0.25) is 4.79 Å². The normalized spacial score (nSPS) is 17.3. The molecule has 0 spiro atoms. The van der Waals surface area contributed by atoms with Crippen LogP contribution in [-0.2, 0) is 11.2 Å². The molecule has 2 rings (SSSR count). The Kier molecular flexibility index (Phi) is 5.63. The maximum atomic E-state index is 12.0. The smallest absolute Gasteiger partial charge is 0.317 e. The van der Waals surface area contributed by atoms with Crippen molar-refractivity contribution in [2.45, 2.75) is 19.8 Å². The van der Waals surface area contributed by atoms with Crippen LogP contribution in [0.2, 0.25) is 0 Å². The van der Waals surface area contributed by atoms with Crippen LogP contribution in [0.15, 0.2) is 24.3 Å². The van der Waals surface area contributed by atoms with Crippen LogP contribution in [0.25, 0.3) is 0 Å². The van der Waals surface area contributed by atoms with Crippen LogP contribution in [0.1, 0.15) is 18.9 Å². The molecule has 2 N–H and O–H groups in total. The van der Waals surface area contributed by atoms with Crippen molar-refractivity contribution in [3.8, 4) is 5.75 Å². The van der Waals surface area contributed by atoms with Crippen molar-refractivity contribution in [1.82, 2.24) is 10.2 Å². The maximum Gasteiger partial charge on any atom is 0.317 e. The first-order valence-electron chi connectivity index (χ1n) is 7.58. The van der Waals surface area contributed by atoms with E-state index in [1.54, 1.807) is 4.90 Å². The Morgan fingerprint density at radius 2 is 2.18 bits per heavy atom. The van der Waals surface area contributed by atoms with Crippen molar-refractivity contribution in [2.75, 3.05) is 26.2 Å². The first-order valence-corrected chi connectivity index (χ1v) is 7.58. The molecular formula is C16H22N2O4. The van der Waals surface area contributed by atoms with Crippen molar-refractivity contribution < 1.29 is 19.4 Å². The molecule has 2 amide bonds. The van der Waals surface area contributed by atoms with E-state index in [4.69, 9.17) is 9.84 Å². The number of amides is 2. The highest BCUT2D eigenvalue weighted by Crippen LogP contribution is 2.18. The quantitative estimate of drug-likeness (QED) is 0.839. The maximum absolute atomic E-state index is 12.0. The van der Waals surface area contributed by atoms with Gasteiger partial charge in [0.25, 0.3) is 0 Å². The number of benzene rings is 1. The molecule has 6 heteroatoms. The molecule has 22 heavy (non-hydrogen) atoms. The number of carboxylic acids is 1. The topological polar surface area (TPSA) is 78.9 Å². The fraction of sp³-hybridized carbons (Fsp3) is 0.500. The number of rotatable bonds is 6. The van der Waals surface area contributed by atoms with Crippen molar-refractivity contribution in [3.63, 3.8) is 0 Å². The lowest BCUT2D eigenvalue weighted by Gasteiger charge is -2.17. The average Bonchev–Trinajstić information content (AvgIpc) is 2.99. The van der Waals surface area contributed by atoms with E-state index in [0.29, 0.717) is 32.5 Å². The number of nitrogens with one attached hydrogen (secondary N) is 1. The predicted octanol–water partition coefficient (Wildman–Crippen LogP) is 1.74. The van der Waals surface area contributed by atoms with Gasteiger partial charge in [0, 0.05) is 19.6 Å². The van der Waals surface area contributed by atoms with E-state index in [1.807, 2.05) is 31.2 Å². The third-order valence-electron chi connectivity index (χ3n) is 3.77. The molecule has 0 aliphatic carbocycles. The molecule has 0 saturated carbocycles. The Morgan fingerprint density at radius 1 is 1.41 bits per heavy atom. The summed E-state index contributed by atoms with van der Waals surface area (Å²) in [6, 6.07) is 7.56. The summed E-state index contributed by atoms with van der Waals surface area (Å²) in [7, 11) is 0. The molecule has 0 radical (unpaired) electrons. The number of urea groups is 1. The van der Waals surface area contributed by atoms with E-state index < -0.39 is 11.9 Å². The Bertz CT molecular complexity index is 533. The highest BCUT2D eigenvalue weighted by atomic mass is 16.5. The number of aliphatic carboxylic acids is 1. The number of hydrogen-bond donors (Lipinski definition) is 2. The largest absolute Gasteiger partial charge is 0.494 e. The number of hydrogen-bond acceptors (Lipinski definition) is 3. The second kappa shape index (κ2) is 7.68. The Morgan fingerprint density at radius 3 is 2.86 bits per heavy atom. The molecule has 1 aromatic carbocycles. The number of likely N-dealkylation sites (tertiary alicyclic amines) is 1. The molecule has 1 fully saturated rings. The molecule has 1 aliphatic rings. The molecule has 1 aromatic rings. The molecule has 120 valence electrons. The van der Waals surface area contributed by atoms with E-state index in [0.717, 1.165) is 11.3 Å². The van der Waals surface area contributed by atoms with Gasteiger partial charge < -0.3 is 20.1 Å². The summed E-state index contributed by atoms with van der Waals surface area (Å²) >= 11 is 0. The lowest BCUT2D eigenvalue weighted by atomic mass is 10.1. The molecule has 1 aliphatic heterocycles. The van der Waals surface area contributed by atoms with E-state index in [-0.39, 0.29) is 12.6 Å². The molecular weight excluding hydrogens is 284 g/mol. The monoisotopic (exact) mass is 306 g/mol. The van der Waals surface area contributed by atoms with Crippen molar-refractivity contribution in [1.29, 1.82) is 0 Å². The molecule has 1 atom stereocenters.